The van der Waals surface area contributed by atoms with Crippen LogP contribution in [0.3, 0.4) is 0 Å². The summed E-state index contributed by atoms with van der Waals surface area (Å²) in [5.41, 5.74) is 3.99. The Morgan fingerprint density at radius 1 is 1.15 bits per heavy atom. The third kappa shape index (κ3) is 2.56. The summed E-state index contributed by atoms with van der Waals surface area (Å²) in [6.07, 6.45) is 4.18. The molecule has 2 atom stereocenters. The molecule has 2 N–H and O–H groups in total. The molecule has 3 aromatic rings. The third-order valence-corrected chi connectivity index (χ3v) is 6.23. The molecule has 0 amide bonds. The second kappa shape index (κ2) is 6.53. The molecule has 0 radical (unpaired) electrons. The summed E-state index contributed by atoms with van der Waals surface area (Å²) < 4.78 is 0. The lowest BCUT2D eigenvalue weighted by Gasteiger charge is -2.47. The molecule has 4 rings (SSSR count). The van der Waals surface area contributed by atoms with Crippen LogP contribution >= 0.6 is 0 Å². The van der Waals surface area contributed by atoms with E-state index in [-0.39, 0.29) is 12.1 Å². The van der Waals surface area contributed by atoms with E-state index in [1.807, 2.05) is 18.3 Å². The van der Waals surface area contributed by atoms with Crippen molar-refractivity contribution in [2.24, 2.45) is 0 Å². The van der Waals surface area contributed by atoms with Crippen molar-refractivity contribution in [3.63, 3.8) is 0 Å². The van der Waals surface area contributed by atoms with Crippen LogP contribution in [0.15, 0.2) is 48.7 Å². The Labute approximate surface area is 154 Å². The summed E-state index contributed by atoms with van der Waals surface area (Å²) in [7, 11) is 2.12. The van der Waals surface area contributed by atoms with Gasteiger partial charge < -0.3 is 10.1 Å². The van der Waals surface area contributed by atoms with Gasteiger partial charge in [-0.05, 0) is 50.1 Å². The van der Waals surface area contributed by atoms with Gasteiger partial charge in [-0.1, -0.05) is 38.1 Å². The first-order chi connectivity index (χ1) is 12.6. The van der Waals surface area contributed by atoms with Crippen LogP contribution in [0.2, 0.25) is 0 Å². The molecule has 1 aliphatic heterocycles. The van der Waals surface area contributed by atoms with Crippen LogP contribution < -0.4 is 0 Å². The first kappa shape index (κ1) is 17.3. The first-order valence-electron chi connectivity index (χ1n) is 9.53. The lowest BCUT2D eigenvalue weighted by Crippen LogP contribution is -2.55. The molecule has 0 saturated heterocycles. The Morgan fingerprint density at radius 3 is 2.58 bits per heavy atom. The van der Waals surface area contributed by atoms with E-state index in [0.29, 0.717) is 0 Å². The summed E-state index contributed by atoms with van der Waals surface area (Å²) in [4.78, 5) is 10.6. The van der Waals surface area contributed by atoms with Gasteiger partial charge in [-0.25, -0.2) is 0 Å². The molecule has 0 spiro atoms. The number of nitrogens with one attached hydrogen (secondary N) is 1. The summed E-state index contributed by atoms with van der Waals surface area (Å²) >= 11 is 0. The van der Waals surface area contributed by atoms with Gasteiger partial charge >= 0.3 is 0 Å². The van der Waals surface area contributed by atoms with Crippen molar-refractivity contribution >= 4 is 10.9 Å². The van der Waals surface area contributed by atoms with Gasteiger partial charge in [0.1, 0.15) is 0 Å². The van der Waals surface area contributed by atoms with Crippen LogP contribution in [0.1, 0.15) is 49.7 Å². The number of fused-ring (bicyclic) bond motifs is 3. The van der Waals surface area contributed by atoms with E-state index in [0.717, 1.165) is 30.5 Å². The van der Waals surface area contributed by atoms with Crippen LogP contribution in [0.25, 0.3) is 10.9 Å². The van der Waals surface area contributed by atoms with Gasteiger partial charge in [-0.15, -0.1) is 0 Å². The molecule has 4 nitrogen and oxygen atoms in total. The molecule has 0 saturated carbocycles. The number of nitrogens with zero attached hydrogens (tertiary/aromatic N) is 2. The predicted octanol–water partition coefficient (Wildman–Crippen LogP) is 4.06. The molecule has 4 heteroatoms. The average molecular weight is 349 g/mol. The van der Waals surface area contributed by atoms with Crippen LogP contribution in [0.5, 0.6) is 0 Å². The molecule has 0 bridgehead atoms. The van der Waals surface area contributed by atoms with Crippen molar-refractivity contribution in [1.82, 2.24) is 14.9 Å². The van der Waals surface area contributed by atoms with E-state index >= 15 is 0 Å². The highest BCUT2D eigenvalue weighted by atomic mass is 16.3. The van der Waals surface area contributed by atoms with Crippen LogP contribution in [-0.4, -0.2) is 38.7 Å². The Balaban J connectivity index is 1.93. The Bertz CT molecular complexity index is 898. The maximum absolute atomic E-state index is 11.4. The number of likely N-dealkylation sites (N-methyl/N-ethyl adjacent to an activating group) is 1. The Hall–Kier alpha value is -2.17. The Morgan fingerprint density at radius 2 is 1.88 bits per heavy atom. The quantitative estimate of drug-likeness (QED) is 0.747. The normalized spacial score (nSPS) is 21.1. The monoisotopic (exact) mass is 349 g/mol. The summed E-state index contributed by atoms with van der Waals surface area (Å²) in [6.45, 7) is 4.16. The van der Waals surface area contributed by atoms with Crippen molar-refractivity contribution in [3.05, 3.63) is 65.6 Å². The van der Waals surface area contributed by atoms with Crippen LogP contribution in [0.4, 0.5) is 0 Å². The zero-order chi connectivity index (χ0) is 18.3. The maximum atomic E-state index is 11.4. The van der Waals surface area contributed by atoms with Gasteiger partial charge in [0.25, 0.3) is 0 Å². The number of hydrogen-bond donors (Lipinski definition) is 2. The fraction of sp³-hybridized carbons (Fsp3) is 0.409. The van der Waals surface area contributed by atoms with Crippen molar-refractivity contribution in [3.8, 4) is 0 Å². The zero-order valence-electron chi connectivity index (χ0n) is 15.7. The lowest BCUT2D eigenvalue weighted by molar-refractivity contribution is -0.0595. The van der Waals surface area contributed by atoms with Gasteiger partial charge in [0.15, 0.2) is 0 Å². The second-order valence-electron chi connectivity index (χ2n) is 7.42. The SMILES string of the molecule is CCC(O)(CC)[C@@H]1Cc2c([nH]c3ccccc23)[C@@H](c2ccccn2)N1C. The van der Waals surface area contributed by atoms with E-state index in [1.54, 1.807) is 0 Å². The average Bonchev–Trinajstić information content (AvgIpc) is 3.05. The first-order valence-corrected chi connectivity index (χ1v) is 9.53. The maximum Gasteiger partial charge on any atom is 0.0931 e. The number of hydrogen-bond acceptors (Lipinski definition) is 3. The van der Waals surface area contributed by atoms with E-state index < -0.39 is 5.60 Å². The molecular weight excluding hydrogens is 322 g/mol. The molecule has 2 aromatic heterocycles. The smallest absolute Gasteiger partial charge is 0.0931 e. The van der Waals surface area contributed by atoms with Gasteiger partial charge in [0.2, 0.25) is 0 Å². The molecule has 1 aliphatic rings. The van der Waals surface area contributed by atoms with Gasteiger partial charge in [0.05, 0.1) is 17.3 Å². The number of para-hydroxylation sites is 1. The minimum absolute atomic E-state index is 0.0157. The second-order valence-corrected chi connectivity index (χ2v) is 7.42. The van der Waals surface area contributed by atoms with E-state index in [1.165, 1.54) is 16.6 Å². The van der Waals surface area contributed by atoms with E-state index in [4.69, 9.17) is 0 Å². The highest BCUT2D eigenvalue weighted by molar-refractivity contribution is 5.85. The van der Waals surface area contributed by atoms with Gasteiger partial charge in [0, 0.05) is 28.8 Å². The van der Waals surface area contributed by atoms with Crippen molar-refractivity contribution < 1.29 is 5.11 Å². The Kier molecular flexibility index (Phi) is 4.33. The fourth-order valence-electron chi connectivity index (χ4n) is 4.58. The highest BCUT2D eigenvalue weighted by Gasteiger charge is 2.44. The van der Waals surface area contributed by atoms with Gasteiger partial charge in [-0.3, -0.25) is 9.88 Å². The van der Waals surface area contributed by atoms with E-state index in [2.05, 4.69) is 66.1 Å². The van der Waals surface area contributed by atoms with Crippen LogP contribution in [0, 0.1) is 0 Å². The zero-order valence-corrected chi connectivity index (χ0v) is 15.7. The minimum atomic E-state index is -0.710. The number of aliphatic hydroxyl groups is 1. The summed E-state index contributed by atoms with van der Waals surface area (Å²) in [6, 6.07) is 14.6. The van der Waals surface area contributed by atoms with Crippen LogP contribution in [-0.2, 0) is 6.42 Å². The molecule has 1 aromatic carbocycles. The van der Waals surface area contributed by atoms with Crippen molar-refractivity contribution in [1.29, 1.82) is 0 Å². The minimum Gasteiger partial charge on any atom is -0.388 e. The van der Waals surface area contributed by atoms with Crippen molar-refractivity contribution in [2.45, 2.75) is 50.8 Å². The highest BCUT2D eigenvalue weighted by Crippen LogP contribution is 2.43. The van der Waals surface area contributed by atoms with E-state index in [9.17, 15) is 5.11 Å². The molecule has 0 fully saturated rings. The predicted molar refractivity (Wildman–Crippen MR) is 105 cm³/mol. The van der Waals surface area contributed by atoms with Gasteiger partial charge in [-0.2, -0.15) is 0 Å². The number of pyridine rings is 1. The summed E-state index contributed by atoms with van der Waals surface area (Å²) in [5.74, 6) is 0. The molecule has 136 valence electrons. The molecule has 26 heavy (non-hydrogen) atoms. The molecule has 0 unspecified atom stereocenters. The lowest BCUT2D eigenvalue weighted by atomic mass is 9.79. The summed E-state index contributed by atoms with van der Waals surface area (Å²) in [5, 5.41) is 12.6. The number of benzene rings is 1. The standard InChI is InChI=1S/C22H27N3O/c1-4-22(26,5-2)19-14-16-15-10-6-7-11-17(15)24-20(16)21(25(19)3)18-12-8-9-13-23-18/h6-13,19,21,24,26H,4-5,14H2,1-3H3/t19-,21+/m0/s1. The largest absolute Gasteiger partial charge is 0.388 e. The molecule has 3 heterocycles. The number of aromatic nitrogens is 2. The number of H-pyrrole nitrogens is 1. The number of rotatable bonds is 4. The number of aromatic amines is 1. The fourth-order valence-corrected chi connectivity index (χ4v) is 4.58. The topological polar surface area (TPSA) is 52.1 Å². The van der Waals surface area contributed by atoms with Crippen molar-refractivity contribution in [2.75, 3.05) is 7.05 Å². The molecular formula is C22H27N3O. The molecule has 0 aliphatic carbocycles. The third-order valence-electron chi connectivity index (χ3n) is 6.23.